The third-order valence-corrected chi connectivity index (χ3v) is 3.30. The molecule has 0 saturated heterocycles. The lowest BCUT2D eigenvalue weighted by molar-refractivity contribution is 0.0955. The van der Waals surface area contributed by atoms with Crippen molar-refractivity contribution in [2.75, 3.05) is 0 Å². The quantitative estimate of drug-likeness (QED) is 0.508. The first-order chi connectivity index (χ1) is 9.99. The Morgan fingerprint density at radius 2 is 1.95 bits per heavy atom. The largest absolute Gasteiger partial charge is 0.505 e. The number of amides is 1. The third-order valence-electron chi connectivity index (χ3n) is 2.42. The number of phenolic OH excluding ortho intramolecular Hbond substituents is 1. The number of aromatic nitrogens is 1. The number of rotatable bonds is 3. The fraction of sp³-hybridized carbons (Fsp3) is 0. The molecular formula is C13H8Cl3N3O2. The number of nitrogens with zero attached hydrogens (tertiary/aromatic N) is 2. The predicted molar refractivity (Wildman–Crippen MR) is 82.4 cm³/mol. The van der Waals surface area contributed by atoms with Gasteiger partial charge in [-0.05, 0) is 29.8 Å². The molecule has 21 heavy (non-hydrogen) atoms. The van der Waals surface area contributed by atoms with Crippen molar-refractivity contribution in [2.45, 2.75) is 0 Å². The second-order valence-electron chi connectivity index (χ2n) is 3.87. The van der Waals surface area contributed by atoms with Crippen LogP contribution in [0.25, 0.3) is 0 Å². The maximum atomic E-state index is 11.8. The topological polar surface area (TPSA) is 74.6 Å². The zero-order chi connectivity index (χ0) is 15.4. The molecule has 0 radical (unpaired) electrons. The lowest BCUT2D eigenvalue weighted by Gasteiger charge is -2.02. The summed E-state index contributed by atoms with van der Waals surface area (Å²) in [6.45, 7) is 0. The van der Waals surface area contributed by atoms with Crippen LogP contribution in [-0.2, 0) is 0 Å². The Bertz CT molecular complexity index is 697. The highest BCUT2D eigenvalue weighted by molar-refractivity contribution is 6.37. The summed E-state index contributed by atoms with van der Waals surface area (Å²) < 4.78 is 0. The van der Waals surface area contributed by atoms with Crippen LogP contribution in [0.2, 0.25) is 15.2 Å². The minimum Gasteiger partial charge on any atom is -0.505 e. The van der Waals surface area contributed by atoms with E-state index >= 15 is 0 Å². The van der Waals surface area contributed by atoms with Gasteiger partial charge in [-0.1, -0.05) is 34.8 Å². The molecule has 0 saturated carbocycles. The summed E-state index contributed by atoms with van der Waals surface area (Å²) in [6, 6.07) is 6.02. The summed E-state index contributed by atoms with van der Waals surface area (Å²) in [5, 5.41) is 13.4. The Balaban J connectivity index is 2.10. The van der Waals surface area contributed by atoms with E-state index < -0.39 is 5.91 Å². The minimum atomic E-state index is -0.500. The van der Waals surface area contributed by atoms with E-state index in [4.69, 9.17) is 34.8 Å². The number of carbonyl (C=O) groups excluding carboxylic acids is 1. The van der Waals surface area contributed by atoms with E-state index in [2.05, 4.69) is 15.5 Å². The summed E-state index contributed by atoms with van der Waals surface area (Å²) in [7, 11) is 0. The van der Waals surface area contributed by atoms with Gasteiger partial charge in [-0.2, -0.15) is 5.10 Å². The average Bonchev–Trinajstić information content (AvgIpc) is 2.45. The third kappa shape index (κ3) is 3.85. The van der Waals surface area contributed by atoms with Crippen molar-refractivity contribution in [3.63, 3.8) is 0 Å². The molecule has 2 N–H and O–H groups in total. The van der Waals surface area contributed by atoms with Gasteiger partial charge < -0.3 is 5.11 Å². The number of aromatic hydroxyl groups is 1. The molecule has 0 aliphatic rings. The van der Waals surface area contributed by atoms with Crippen LogP contribution < -0.4 is 5.43 Å². The van der Waals surface area contributed by atoms with E-state index in [9.17, 15) is 9.90 Å². The zero-order valence-corrected chi connectivity index (χ0v) is 12.6. The van der Waals surface area contributed by atoms with Crippen molar-refractivity contribution >= 4 is 46.9 Å². The molecule has 108 valence electrons. The van der Waals surface area contributed by atoms with Gasteiger partial charge >= 0.3 is 0 Å². The standard InChI is InChI=1S/C13H8Cl3N3O2/c14-9-4-7(5-10(15)11(9)20)6-18-19-13(21)8-2-1-3-17-12(8)16/h1-6,20H,(H,19,21)/b18-6+. The monoisotopic (exact) mass is 343 g/mol. The second-order valence-corrected chi connectivity index (χ2v) is 5.05. The van der Waals surface area contributed by atoms with Gasteiger partial charge in [0.05, 0.1) is 21.8 Å². The summed E-state index contributed by atoms with van der Waals surface area (Å²) in [4.78, 5) is 15.6. The molecule has 0 aliphatic carbocycles. The fourth-order valence-corrected chi connectivity index (χ4v) is 2.15. The van der Waals surface area contributed by atoms with Gasteiger partial charge in [-0.3, -0.25) is 4.79 Å². The molecule has 5 nitrogen and oxygen atoms in total. The molecule has 0 spiro atoms. The van der Waals surface area contributed by atoms with Gasteiger partial charge in [0.25, 0.3) is 5.91 Å². The number of hydrogen-bond acceptors (Lipinski definition) is 4. The Kier molecular flexibility index (Phi) is 5.01. The smallest absolute Gasteiger partial charge is 0.274 e. The van der Waals surface area contributed by atoms with E-state index in [1.807, 2.05) is 0 Å². The number of pyridine rings is 1. The van der Waals surface area contributed by atoms with E-state index in [0.29, 0.717) is 5.56 Å². The fourth-order valence-electron chi connectivity index (χ4n) is 1.44. The molecule has 1 aromatic carbocycles. The highest BCUT2D eigenvalue weighted by Gasteiger charge is 2.09. The minimum absolute atomic E-state index is 0.0842. The molecular weight excluding hydrogens is 337 g/mol. The van der Waals surface area contributed by atoms with Crippen LogP contribution in [0.4, 0.5) is 0 Å². The van der Waals surface area contributed by atoms with Crippen molar-refractivity contribution in [3.05, 3.63) is 56.8 Å². The molecule has 0 aliphatic heterocycles. The maximum Gasteiger partial charge on any atom is 0.274 e. The number of nitrogens with one attached hydrogen (secondary N) is 1. The summed E-state index contributed by atoms with van der Waals surface area (Å²) in [5.41, 5.74) is 3.02. The zero-order valence-electron chi connectivity index (χ0n) is 10.3. The first kappa shape index (κ1) is 15.6. The number of hydrazone groups is 1. The predicted octanol–water partition coefficient (Wildman–Crippen LogP) is 3.51. The Hall–Kier alpha value is -1.82. The molecule has 1 heterocycles. The SMILES string of the molecule is O=C(N/N=C/c1cc(Cl)c(O)c(Cl)c1)c1cccnc1Cl. The Morgan fingerprint density at radius 3 is 2.57 bits per heavy atom. The van der Waals surface area contributed by atoms with Crippen LogP contribution in [0.15, 0.2) is 35.6 Å². The van der Waals surface area contributed by atoms with Gasteiger partial charge in [0, 0.05) is 6.20 Å². The number of phenols is 1. The molecule has 2 rings (SSSR count). The van der Waals surface area contributed by atoms with Crippen LogP contribution in [-0.4, -0.2) is 22.2 Å². The highest BCUT2D eigenvalue weighted by atomic mass is 35.5. The number of benzene rings is 1. The van der Waals surface area contributed by atoms with E-state index in [1.54, 1.807) is 6.07 Å². The van der Waals surface area contributed by atoms with Crippen molar-refractivity contribution < 1.29 is 9.90 Å². The number of halogens is 3. The molecule has 1 amide bonds. The molecule has 0 fully saturated rings. The van der Waals surface area contributed by atoms with Gasteiger partial charge in [0.15, 0.2) is 5.75 Å². The second kappa shape index (κ2) is 6.76. The van der Waals surface area contributed by atoms with Crippen LogP contribution in [0, 0.1) is 0 Å². The van der Waals surface area contributed by atoms with E-state index in [-0.39, 0.29) is 26.5 Å². The van der Waals surface area contributed by atoms with E-state index in [0.717, 1.165) is 0 Å². The average molecular weight is 345 g/mol. The molecule has 0 bridgehead atoms. The van der Waals surface area contributed by atoms with Crippen LogP contribution in [0.1, 0.15) is 15.9 Å². The first-order valence-corrected chi connectivity index (χ1v) is 6.74. The van der Waals surface area contributed by atoms with Crippen molar-refractivity contribution in [2.24, 2.45) is 5.10 Å². The van der Waals surface area contributed by atoms with Crippen LogP contribution in [0.5, 0.6) is 5.75 Å². The van der Waals surface area contributed by atoms with Crippen LogP contribution >= 0.6 is 34.8 Å². The van der Waals surface area contributed by atoms with E-state index in [1.165, 1.54) is 30.6 Å². The van der Waals surface area contributed by atoms with Crippen molar-refractivity contribution in [1.82, 2.24) is 10.4 Å². The lowest BCUT2D eigenvalue weighted by atomic mass is 10.2. The summed E-state index contributed by atoms with van der Waals surface area (Å²) in [6.07, 6.45) is 2.81. The maximum absolute atomic E-state index is 11.8. The summed E-state index contributed by atoms with van der Waals surface area (Å²) in [5.74, 6) is -0.706. The Morgan fingerprint density at radius 1 is 1.29 bits per heavy atom. The molecule has 1 aromatic heterocycles. The van der Waals surface area contributed by atoms with Crippen molar-refractivity contribution in [1.29, 1.82) is 0 Å². The van der Waals surface area contributed by atoms with Gasteiger partial charge in [-0.15, -0.1) is 0 Å². The number of carbonyl (C=O) groups is 1. The van der Waals surface area contributed by atoms with Gasteiger partial charge in [0.1, 0.15) is 5.15 Å². The molecule has 0 atom stereocenters. The highest BCUT2D eigenvalue weighted by Crippen LogP contribution is 2.32. The normalized spacial score (nSPS) is 10.8. The molecule has 2 aromatic rings. The van der Waals surface area contributed by atoms with Crippen molar-refractivity contribution in [3.8, 4) is 5.75 Å². The lowest BCUT2D eigenvalue weighted by Crippen LogP contribution is -2.18. The molecule has 0 unspecified atom stereocenters. The first-order valence-electron chi connectivity index (χ1n) is 5.61. The van der Waals surface area contributed by atoms with Crippen LogP contribution in [0.3, 0.4) is 0 Å². The molecule has 8 heteroatoms. The van der Waals surface area contributed by atoms with Gasteiger partial charge in [0.2, 0.25) is 0 Å². The number of hydrogen-bond donors (Lipinski definition) is 2. The Labute approximate surface area is 135 Å². The summed E-state index contributed by atoms with van der Waals surface area (Å²) >= 11 is 17.3. The van der Waals surface area contributed by atoms with Gasteiger partial charge in [-0.25, -0.2) is 10.4 Å².